The molecule has 0 aliphatic heterocycles. The summed E-state index contributed by atoms with van der Waals surface area (Å²) in [6.07, 6.45) is 0. The van der Waals surface area contributed by atoms with Crippen molar-refractivity contribution in [2.45, 2.75) is 19.9 Å². The summed E-state index contributed by atoms with van der Waals surface area (Å²) in [6.45, 7) is 6.77. The minimum Gasteiger partial charge on any atom is -0.351 e. The number of hydrogen-bond acceptors (Lipinski definition) is 2. The van der Waals surface area contributed by atoms with Crippen molar-refractivity contribution in [2.24, 2.45) is 0 Å². The van der Waals surface area contributed by atoms with Crippen LogP contribution in [0.2, 0.25) is 0 Å². The predicted octanol–water partition coefficient (Wildman–Crippen LogP) is 3.98. The minimum absolute atomic E-state index is 0.0655. The minimum atomic E-state index is -0.0655. The van der Waals surface area contributed by atoms with Crippen molar-refractivity contribution in [3.8, 4) is 0 Å². The molecule has 0 spiro atoms. The SMILES string of the molecule is CCN(CC)C(CNC(=O)c1cc2ccccc2[nH]1)c1ccccc1. The van der Waals surface area contributed by atoms with Gasteiger partial charge in [-0.3, -0.25) is 9.69 Å². The molecule has 3 aromatic rings. The molecule has 1 aromatic heterocycles. The Bertz CT molecular complexity index is 788. The summed E-state index contributed by atoms with van der Waals surface area (Å²) < 4.78 is 0. The summed E-state index contributed by atoms with van der Waals surface area (Å²) in [5.41, 5.74) is 2.81. The zero-order valence-electron chi connectivity index (χ0n) is 14.8. The average molecular weight is 335 g/mol. The molecule has 4 nitrogen and oxygen atoms in total. The predicted molar refractivity (Wildman–Crippen MR) is 103 cm³/mol. The lowest BCUT2D eigenvalue weighted by atomic mass is 10.1. The molecule has 1 heterocycles. The Labute approximate surface area is 148 Å². The molecular weight excluding hydrogens is 310 g/mol. The Morgan fingerprint density at radius 2 is 1.72 bits per heavy atom. The number of nitrogens with zero attached hydrogens (tertiary/aromatic N) is 1. The monoisotopic (exact) mass is 335 g/mol. The first-order chi connectivity index (χ1) is 12.2. The number of H-pyrrole nitrogens is 1. The molecule has 0 aliphatic rings. The fourth-order valence-corrected chi connectivity index (χ4v) is 3.28. The van der Waals surface area contributed by atoms with E-state index in [0.717, 1.165) is 24.0 Å². The lowest BCUT2D eigenvalue weighted by Gasteiger charge is -2.30. The number of benzene rings is 2. The van der Waals surface area contributed by atoms with Crippen molar-refractivity contribution in [1.82, 2.24) is 15.2 Å². The molecule has 0 saturated carbocycles. The van der Waals surface area contributed by atoms with Crippen LogP contribution in [0.3, 0.4) is 0 Å². The van der Waals surface area contributed by atoms with E-state index in [1.165, 1.54) is 5.56 Å². The molecule has 1 unspecified atom stereocenters. The van der Waals surface area contributed by atoms with Crippen molar-refractivity contribution in [1.29, 1.82) is 0 Å². The van der Waals surface area contributed by atoms with Gasteiger partial charge in [0.2, 0.25) is 0 Å². The molecule has 4 heteroatoms. The van der Waals surface area contributed by atoms with Gasteiger partial charge in [-0.15, -0.1) is 0 Å². The molecule has 2 aromatic carbocycles. The van der Waals surface area contributed by atoms with E-state index < -0.39 is 0 Å². The smallest absolute Gasteiger partial charge is 0.267 e. The van der Waals surface area contributed by atoms with E-state index in [0.29, 0.717) is 12.2 Å². The lowest BCUT2D eigenvalue weighted by molar-refractivity contribution is 0.0931. The Morgan fingerprint density at radius 1 is 1.04 bits per heavy atom. The summed E-state index contributed by atoms with van der Waals surface area (Å²) in [7, 11) is 0. The van der Waals surface area contributed by atoms with Crippen molar-refractivity contribution in [2.75, 3.05) is 19.6 Å². The third-order valence-corrected chi connectivity index (χ3v) is 4.67. The second kappa shape index (κ2) is 7.99. The number of rotatable bonds is 7. The van der Waals surface area contributed by atoms with Gasteiger partial charge >= 0.3 is 0 Å². The zero-order valence-corrected chi connectivity index (χ0v) is 14.8. The van der Waals surface area contributed by atoms with Crippen LogP contribution in [0.25, 0.3) is 10.9 Å². The van der Waals surface area contributed by atoms with E-state index in [1.54, 1.807) is 0 Å². The van der Waals surface area contributed by atoms with Crippen molar-refractivity contribution in [3.05, 3.63) is 71.9 Å². The number of hydrogen-bond donors (Lipinski definition) is 2. The molecule has 3 rings (SSSR count). The molecule has 0 radical (unpaired) electrons. The second-order valence-electron chi connectivity index (χ2n) is 6.13. The summed E-state index contributed by atoms with van der Waals surface area (Å²) in [5.74, 6) is -0.0655. The van der Waals surface area contributed by atoms with Crippen LogP contribution in [0.5, 0.6) is 0 Å². The number of carbonyl (C=O) groups excluding carboxylic acids is 1. The summed E-state index contributed by atoms with van der Waals surface area (Å²) >= 11 is 0. The number of nitrogens with one attached hydrogen (secondary N) is 2. The van der Waals surface area contributed by atoms with Crippen molar-refractivity contribution in [3.63, 3.8) is 0 Å². The van der Waals surface area contributed by atoms with Gasteiger partial charge in [0, 0.05) is 17.4 Å². The van der Waals surface area contributed by atoms with Crippen LogP contribution in [0, 0.1) is 0 Å². The van der Waals surface area contributed by atoms with Crippen LogP contribution < -0.4 is 5.32 Å². The molecule has 1 amide bonds. The maximum Gasteiger partial charge on any atom is 0.267 e. The van der Waals surface area contributed by atoms with Crippen LogP contribution in [-0.4, -0.2) is 35.4 Å². The number of fused-ring (bicyclic) bond motifs is 1. The average Bonchev–Trinajstić information content (AvgIpc) is 3.10. The fraction of sp³-hybridized carbons (Fsp3) is 0.286. The Balaban J connectivity index is 1.74. The van der Waals surface area contributed by atoms with Gasteiger partial charge in [0.15, 0.2) is 0 Å². The van der Waals surface area contributed by atoms with Crippen molar-refractivity contribution < 1.29 is 4.79 Å². The van der Waals surface area contributed by atoms with Crippen molar-refractivity contribution >= 4 is 16.8 Å². The van der Waals surface area contributed by atoms with Crippen LogP contribution in [0.4, 0.5) is 0 Å². The van der Waals surface area contributed by atoms with Gasteiger partial charge in [0.05, 0.1) is 6.04 Å². The van der Waals surface area contributed by atoms with Gasteiger partial charge in [-0.2, -0.15) is 0 Å². The number of amides is 1. The first-order valence-corrected chi connectivity index (χ1v) is 8.87. The standard InChI is InChI=1S/C21H25N3O/c1-3-24(4-2)20(16-10-6-5-7-11-16)15-22-21(25)19-14-17-12-8-9-13-18(17)23-19/h5-14,20,23H,3-4,15H2,1-2H3,(H,22,25). The van der Waals surface area contributed by atoms with E-state index in [9.17, 15) is 4.79 Å². The molecule has 0 fully saturated rings. The number of aromatic amines is 1. The largest absolute Gasteiger partial charge is 0.351 e. The molecule has 2 N–H and O–H groups in total. The summed E-state index contributed by atoms with van der Waals surface area (Å²) in [6, 6.07) is 20.4. The molecule has 1 atom stereocenters. The highest BCUT2D eigenvalue weighted by Crippen LogP contribution is 2.20. The highest BCUT2D eigenvalue weighted by Gasteiger charge is 2.19. The maximum absolute atomic E-state index is 12.6. The first kappa shape index (κ1) is 17.2. The molecule has 0 bridgehead atoms. The van der Waals surface area contributed by atoms with Crippen LogP contribution in [0.1, 0.15) is 35.9 Å². The Kier molecular flexibility index (Phi) is 5.51. The van der Waals surface area contributed by atoms with Gasteiger partial charge in [0.1, 0.15) is 5.69 Å². The van der Waals surface area contributed by atoms with Gasteiger partial charge in [-0.05, 0) is 30.8 Å². The number of para-hydroxylation sites is 1. The first-order valence-electron chi connectivity index (χ1n) is 8.87. The van der Waals surface area contributed by atoms with E-state index >= 15 is 0 Å². The van der Waals surface area contributed by atoms with E-state index in [2.05, 4.69) is 41.2 Å². The highest BCUT2D eigenvalue weighted by atomic mass is 16.1. The van der Waals surface area contributed by atoms with Gasteiger partial charge < -0.3 is 10.3 Å². The van der Waals surface area contributed by atoms with Crippen LogP contribution >= 0.6 is 0 Å². The van der Waals surface area contributed by atoms with Gasteiger partial charge in [-0.25, -0.2) is 0 Å². The van der Waals surface area contributed by atoms with E-state index in [4.69, 9.17) is 0 Å². The molecule has 0 aliphatic carbocycles. The van der Waals surface area contributed by atoms with Crippen LogP contribution in [0.15, 0.2) is 60.7 Å². The third-order valence-electron chi connectivity index (χ3n) is 4.67. The van der Waals surface area contributed by atoms with E-state index in [-0.39, 0.29) is 11.9 Å². The number of carbonyl (C=O) groups is 1. The molecule has 130 valence electrons. The number of likely N-dealkylation sites (N-methyl/N-ethyl adjacent to an activating group) is 1. The summed E-state index contributed by atoms with van der Waals surface area (Å²) in [4.78, 5) is 18.1. The summed E-state index contributed by atoms with van der Waals surface area (Å²) in [5, 5.41) is 4.15. The Hall–Kier alpha value is -2.59. The maximum atomic E-state index is 12.6. The normalized spacial score (nSPS) is 12.4. The zero-order chi connectivity index (χ0) is 17.6. The fourth-order valence-electron chi connectivity index (χ4n) is 3.28. The highest BCUT2D eigenvalue weighted by molar-refractivity contribution is 5.97. The third kappa shape index (κ3) is 3.91. The Morgan fingerprint density at radius 3 is 2.40 bits per heavy atom. The molecule has 0 saturated heterocycles. The van der Waals surface area contributed by atoms with E-state index in [1.807, 2.05) is 48.5 Å². The quantitative estimate of drug-likeness (QED) is 0.686. The second-order valence-corrected chi connectivity index (χ2v) is 6.13. The molecule has 25 heavy (non-hydrogen) atoms. The lowest BCUT2D eigenvalue weighted by Crippen LogP contribution is -2.38. The number of aromatic nitrogens is 1. The topological polar surface area (TPSA) is 48.1 Å². The van der Waals surface area contributed by atoms with Crippen LogP contribution in [-0.2, 0) is 0 Å². The van der Waals surface area contributed by atoms with Gasteiger partial charge in [0.25, 0.3) is 5.91 Å². The molecular formula is C21H25N3O. The van der Waals surface area contributed by atoms with Gasteiger partial charge in [-0.1, -0.05) is 62.4 Å².